The molecule has 0 fully saturated rings. The summed E-state index contributed by atoms with van der Waals surface area (Å²) in [4.78, 5) is 4.59. The second-order valence-corrected chi connectivity index (χ2v) is 4.08. The molecule has 0 amide bonds. The Morgan fingerprint density at radius 3 is 2.24 bits per heavy atom. The number of nitrogens with two attached hydrogens (primary N) is 1. The maximum absolute atomic E-state index is 5.34. The summed E-state index contributed by atoms with van der Waals surface area (Å²) in [5.41, 5.74) is 0.853. The second kappa shape index (κ2) is 6.68. The first-order chi connectivity index (χ1) is 8.19. The molecule has 0 atom stereocenters. The van der Waals surface area contributed by atoms with E-state index in [9.17, 15) is 0 Å². The predicted octanol–water partition coefficient (Wildman–Crippen LogP) is 1.91. The minimum absolute atomic E-state index is 0.367. The summed E-state index contributed by atoms with van der Waals surface area (Å²) in [5, 5.41) is 0. The van der Waals surface area contributed by atoms with Crippen LogP contribution in [-0.4, -0.2) is 27.9 Å². The van der Waals surface area contributed by atoms with Crippen molar-refractivity contribution in [2.45, 2.75) is 6.42 Å². The van der Waals surface area contributed by atoms with Crippen molar-refractivity contribution in [2.75, 3.05) is 27.9 Å². The van der Waals surface area contributed by atoms with Crippen LogP contribution in [0.15, 0.2) is 10.5 Å². The normalized spacial score (nSPS) is 10.2. The summed E-state index contributed by atoms with van der Waals surface area (Å²) in [7, 11) is 4.76. The van der Waals surface area contributed by atoms with Crippen LogP contribution in [0.1, 0.15) is 5.56 Å². The molecule has 0 saturated heterocycles. The summed E-state index contributed by atoms with van der Waals surface area (Å²) in [5.74, 6) is 7.00. The topological polar surface area (TPSA) is 62.9 Å². The van der Waals surface area contributed by atoms with Crippen LogP contribution in [0, 0.1) is 0 Å². The van der Waals surface area contributed by atoms with E-state index in [1.165, 1.54) is 0 Å². The van der Waals surface area contributed by atoms with Gasteiger partial charge in [0.1, 0.15) is 5.75 Å². The molecule has 1 aromatic rings. The van der Waals surface area contributed by atoms with Crippen LogP contribution in [0.25, 0.3) is 0 Å². The molecule has 1 aromatic carbocycles. The van der Waals surface area contributed by atoms with Crippen LogP contribution < -0.4 is 20.1 Å². The lowest BCUT2D eigenvalue weighted by Crippen LogP contribution is -2.07. The Labute approximate surface area is 109 Å². The van der Waals surface area contributed by atoms with Crippen molar-refractivity contribution in [2.24, 2.45) is 5.90 Å². The third kappa shape index (κ3) is 3.02. The van der Waals surface area contributed by atoms with E-state index < -0.39 is 0 Å². The Morgan fingerprint density at radius 1 is 1.12 bits per heavy atom. The van der Waals surface area contributed by atoms with Crippen molar-refractivity contribution in [1.82, 2.24) is 0 Å². The highest BCUT2D eigenvalue weighted by atomic mass is 79.9. The van der Waals surface area contributed by atoms with E-state index in [2.05, 4.69) is 20.8 Å². The van der Waals surface area contributed by atoms with Gasteiger partial charge in [0.2, 0.25) is 0 Å². The van der Waals surface area contributed by atoms with Crippen molar-refractivity contribution in [3.8, 4) is 17.2 Å². The molecule has 0 radical (unpaired) electrons. The van der Waals surface area contributed by atoms with Crippen LogP contribution in [-0.2, 0) is 11.3 Å². The molecule has 0 spiro atoms. The highest BCUT2D eigenvalue weighted by Crippen LogP contribution is 2.42. The van der Waals surface area contributed by atoms with E-state index in [1.807, 2.05) is 0 Å². The molecular formula is C11H16BrNO4. The van der Waals surface area contributed by atoms with Crippen molar-refractivity contribution >= 4 is 15.9 Å². The van der Waals surface area contributed by atoms with E-state index in [-0.39, 0.29) is 0 Å². The minimum Gasteiger partial charge on any atom is -0.495 e. The highest BCUT2D eigenvalue weighted by molar-refractivity contribution is 9.10. The molecule has 2 N–H and O–H groups in total. The number of hydrogen-bond acceptors (Lipinski definition) is 5. The number of benzene rings is 1. The van der Waals surface area contributed by atoms with Crippen LogP contribution in [0.2, 0.25) is 0 Å². The lowest BCUT2D eigenvalue weighted by Gasteiger charge is -2.17. The molecule has 0 unspecified atom stereocenters. The van der Waals surface area contributed by atoms with Gasteiger partial charge in [0, 0.05) is 18.1 Å². The first-order valence-electron chi connectivity index (χ1n) is 4.98. The Morgan fingerprint density at radius 2 is 1.76 bits per heavy atom. The van der Waals surface area contributed by atoms with Gasteiger partial charge < -0.3 is 19.0 Å². The fraction of sp³-hybridized carbons (Fsp3) is 0.455. The average molecular weight is 306 g/mol. The second-order valence-electron chi connectivity index (χ2n) is 3.23. The molecule has 0 bridgehead atoms. The van der Waals surface area contributed by atoms with E-state index >= 15 is 0 Å². The maximum atomic E-state index is 5.34. The van der Waals surface area contributed by atoms with E-state index in [4.69, 9.17) is 20.1 Å². The lowest BCUT2D eigenvalue weighted by molar-refractivity contribution is 0.140. The monoisotopic (exact) mass is 305 g/mol. The van der Waals surface area contributed by atoms with Gasteiger partial charge in [-0.1, -0.05) is 0 Å². The van der Waals surface area contributed by atoms with Gasteiger partial charge in [-0.25, -0.2) is 5.90 Å². The first kappa shape index (κ1) is 14.1. The zero-order valence-electron chi connectivity index (χ0n) is 10.1. The largest absolute Gasteiger partial charge is 0.495 e. The fourth-order valence-electron chi connectivity index (χ4n) is 1.63. The maximum Gasteiger partial charge on any atom is 0.167 e. The van der Waals surface area contributed by atoms with E-state index in [1.54, 1.807) is 27.4 Å². The Hall–Kier alpha value is -0.980. The molecule has 0 heterocycles. The zero-order valence-corrected chi connectivity index (χ0v) is 11.7. The van der Waals surface area contributed by atoms with Gasteiger partial charge in [-0.3, -0.25) is 0 Å². The number of halogens is 1. The average Bonchev–Trinajstić information content (AvgIpc) is 2.35. The van der Waals surface area contributed by atoms with E-state index in [0.717, 1.165) is 10.0 Å². The number of methoxy groups -OCH3 is 3. The molecule has 17 heavy (non-hydrogen) atoms. The van der Waals surface area contributed by atoms with Crippen molar-refractivity contribution in [1.29, 1.82) is 0 Å². The summed E-state index contributed by atoms with van der Waals surface area (Å²) in [6, 6.07) is 1.80. The smallest absolute Gasteiger partial charge is 0.167 e. The molecule has 96 valence electrons. The van der Waals surface area contributed by atoms with Crippen molar-refractivity contribution in [3.63, 3.8) is 0 Å². The molecule has 0 aliphatic rings. The van der Waals surface area contributed by atoms with Crippen molar-refractivity contribution in [3.05, 3.63) is 16.1 Å². The molecule has 6 heteroatoms. The number of ether oxygens (including phenoxy) is 3. The molecule has 0 aromatic heterocycles. The molecular weight excluding hydrogens is 290 g/mol. The summed E-state index contributed by atoms with van der Waals surface area (Å²) < 4.78 is 16.7. The van der Waals surface area contributed by atoms with Gasteiger partial charge >= 0.3 is 0 Å². The van der Waals surface area contributed by atoms with Gasteiger partial charge in [-0.2, -0.15) is 0 Å². The molecule has 1 rings (SSSR count). The van der Waals surface area contributed by atoms with Gasteiger partial charge in [-0.05, 0) is 15.9 Å². The summed E-state index contributed by atoms with van der Waals surface area (Å²) in [6.45, 7) is 0.367. The number of hydrogen-bond donors (Lipinski definition) is 1. The van der Waals surface area contributed by atoms with Crippen LogP contribution in [0.4, 0.5) is 0 Å². The summed E-state index contributed by atoms with van der Waals surface area (Å²) in [6.07, 6.45) is 0.568. The van der Waals surface area contributed by atoms with Gasteiger partial charge in [0.15, 0.2) is 11.5 Å². The zero-order chi connectivity index (χ0) is 12.8. The van der Waals surface area contributed by atoms with Gasteiger partial charge in [-0.15, -0.1) is 0 Å². The molecule has 0 saturated carbocycles. The Kier molecular flexibility index (Phi) is 5.54. The van der Waals surface area contributed by atoms with Crippen LogP contribution in [0.5, 0.6) is 17.2 Å². The summed E-state index contributed by atoms with van der Waals surface area (Å²) >= 11 is 3.42. The molecule has 5 nitrogen and oxygen atoms in total. The fourth-order valence-corrected chi connectivity index (χ4v) is 2.24. The quantitative estimate of drug-likeness (QED) is 0.813. The minimum atomic E-state index is 0.367. The Balaban J connectivity index is 3.30. The van der Waals surface area contributed by atoms with Gasteiger partial charge in [0.05, 0.1) is 32.4 Å². The predicted molar refractivity (Wildman–Crippen MR) is 67.6 cm³/mol. The first-order valence-corrected chi connectivity index (χ1v) is 5.77. The SMILES string of the molecule is COc1cc(Br)c(OC)c(CCON)c1OC. The van der Waals surface area contributed by atoms with E-state index in [0.29, 0.717) is 30.3 Å². The molecule has 0 aliphatic carbocycles. The highest BCUT2D eigenvalue weighted by Gasteiger charge is 2.19. The third-order valence-electron chi connectivity index (χ3n) is 2.34. The van der Waals surface area contributed by atoms with Crippen LogP contribution in [0.3, 0.4) is 0 Å². The number of rotatable bonds is 6. The van der Waals surface area contributed by atoms with Crippen molar-refractivity contribution < 1.29 is 19.0 Å². The molecule has 0 aliphatic heterocycles. The Bertz CT molecular complexity index is 384. The third-order valence-corrected chi connectivity index (χ3v) is 2.93. The standard InChI is InChI=1S/C11H16BrNO4/c1-14-9-6-8(12)10(15-2)7(4-5-17-13)11(9)16-3/h6H,4-5,13H2,1-3H3. The van der Waals surface area contributed by atoms with Gasteiger partial charge in [0.25, 0.3) is 0 Å². The van der Waals surface area contributed by atoms with Crippen LogP contribution >= 0.6 is 15.9 Å². The lowest BCUT2D eigenvalue weighted by atomic mass is 10.1.